The first kappa shape index (κ1) is 22.1. The van der Waals surface area contributed by atoms with Crippen molar-refractivity contribution in [3.63, 3.8) is 0 Å². The van der Waals surface area contributed by atoms with Gasteiger partial charge in [-0.15, -0.1) is 11.3 Å². The van der Waals surface area contributed by atoms with Crippen molar-refractivity contribution in [2.24, 2.45) is 5.92 Å². The summed E-state index contributed by atoms with van der Waals surface area (Å²) in [6, 6.07) is 2.84. The lowest BCUT2D eigenvalue weighted by Gasteiger charge is -2.30. The summed E-state index contributed by atoms with van der Waals surface area (Å²) in [5, 5.41) is 2.65. The van der Waals surface area contributed by atoms with E-state index in [2.05, 4.69) is 17.2 Å². The van der Waals surface area contributed by atoms with E-state index in [1.54, 1.807) is 11.8 Å². The highest BCUT2D eigenvalue weighted by atomic mass is 32.1. The topological polar surface area (TPSA) is 84.3 Å². The van der Waals surface area contributed by atoms with Crippen LogP contribution in [0.3, 0.4) is 0 Å². The SMILES string of the molecule is Cc1c(C(=O)Nc2ccc(F)cc2F)sc2ncn(CC(=O)N3CCC(C)CC3)c(=O)c12. The van der Waals surface area contributed by atoms with Crippen LogP contribution < -0.4 is 10.9 Å². The summed E-state index contributed by atoms with van der Waals surface area (Å²) in [5.41, 5.74) is -0.175. The van der Waals surface area contributed by atoms with Crippen molar-refractivity contribution >= 4 is 39.1 Å². The molecule has 0 aliphatic carbocycles. The Bertz CT molecular complexity index is 1260. The van der Waals surface area contributed by atoms with Crippen molar-refractivity contribution in [2.75, 3.05) is 18.4 Å². The number of aryl methyl sites for hydroxylation is 1. The first-order valence-electron chi connectivity index (χ1n) is 10.3. The van der Waals surface area contributed by atoms with Crippen LogP contribution in [0, 0.1) is 24.5 Å². The molecule has 3 heterocycles. The minimum atomic E-state index is -0.900. The minimum Gasteiger partial charge on any atom is -0.341 e. The van der Waals surface area contributed by atoms with Crippen LogP contribution in [0.5, 0.6) is 0 Å². The van der Waals surface area contributed by atoms with Gasteiger partial charge in [0.15, 0.2) is 0 Å². The predicted octanol–water partition coefficient (Wildman–Crippen LogP) is 3.56. The number of benzene rings is 1. The number of nitrogens with zero attached hydrogens (tertiary/aromatic N) is 3. The first-order chi connectivity index (χ1) is 15.2. The number of aromatic nitrogens is 2. The molecule has 168 valence electrons. The van der Waals surface area contributed by atoms with Gasteiger partial charge in [-0.1, -0.05) is 6.92 Å². The summed E-state index contributed by atoms with van der Waals surface area (Å²) >= 11 is 1.00. The van der Waals surface area contributed by atoms with Crippen molar-refractivity contribution < 1.29 is 18.4 Å². The maximum atomic E-state index is 13.9. The normalized spacial score (nSPS) is 14.7. The number of hydrogen-bond acceptors (Lipinski definition) is 5. The van der Waals surface area contributed by atoms with E-state index in [0.29, 0.717) is 35.5 Å². The summed E-state index contributed by atoms with van der Waals surface area (Å²) < 4.78 is 28.2. The molecule has 7 nitrogen and oxygen atoms in total. The minimum absolute atomic E-state index is 0.117. The highest BCUT2D eigenvalue weighted by Gasteiger charge is 2.23. The zero-order chi connectivity index (χ0) is 23.0. The van der Waals surface area contributed by atoms with Crippen molar-refractivity contribution in [1.29, 1.82) is 0 Å². The van der Waals surface area contributed by atoms with Crippen LogP contribution in [0.2, 0.25) is 0 Å². The molecule has 0 radical (unpaired) electrons. The molecule has 4 rings (SSSR count). The van der Waals surface area contributed by atoms with E-state index in [1.165, 1.54) is 10.9 Å². The van der Waals surface area contributed by atoms with Gasteiger partial charge in [-0.05, 0) is 43.4 Å². The Morgan fingerprint density at radius 3 is 2.66 bits per heavy atom. The Labute approximate surface area is 186 Å². The highest BCUT2D eigenvalue weighted by Crippen LogP contribution is 2.28. The summed E-state index contributed by atoms with van der Waals surface area (Å²) in [6.45, 7) is 4.99. The van der Waals surface area contributed by atoms with Gasteiger partial charge < -0.3 is 10.2 Å². The van der Waals surface area contributed by atoms with Gasteiger partial charge in [0.05, 0.1) is 22.3 Å². The molecule has 0 unspecified atom stereocenters. The van der Waals surface area contributed by atoms with Crippen LogP contribution in [0.15, 0.2) is 29.3 Å². The third-order valence-corrected chi connectivity index (χ3v) is 6.94. The molecule has 0 atom stereocenters. The van der Waals surface area contributed by atoms with Crippen molar-refractivity contribution in [3.8, 4) is 0 Å². The smallest absolute Gasteiger partial charge is 0.266 e. The maximum absolute atomic E-state index is 13.9. The molecule has 1 aromatic carbocycles. The first-order valence-corrected chi connectivity index (χ1v) is 11.1. The molecule has 1 aliphatic rings. The Hall–Kier alpha value is -3.14. The van der Waals surface area contributed by atoms with E-state index >= 15 is 0 Å². The average molecular weight is 461 g/mol. The summed E-state index contributed by atoms with van der Waals surface area (Å²) in [6.07, 6.45) is 3.19. The van der Waals surface area contributed by atoms with E-state index < -0.39 is 23.1 Å². The van der Waals surface area contributed by atoms with E-state index in [0.717, 1.165) is 36.3 Å². The van der Waals surface area contributed by atoms with Crippen LogP contribution in [-0.2, 0) is 11.3 Å². The Morgan fingerprint density at radius 2 is 1.97 bits per heavy atom. The van der Waals surface area contributed by atoms with E-state index in [4.69, 9.17) is 0 Å². The van der Waals surface area contributed by atoms with E-state index in [1.807, 2.05) is 0 Å². The number of anilines is 1. The molecule has 0 spiro atoms. The molecular weight excluding hydrogens is 438 g/mol. The van der Waals surface area contributed by atoms with Gasteiger partial charge in [-0.25, -0.2) is 13.8 Å². The highest BCUT2D eigenvalue weighted by molar-refractivity contribution is 7.20. The zero-order valence-corrected chi connectivity index (χ0v) is 18.5. The number of carbonyl (C=O) groups excluding carboxylic acids is 2. The lowest BCUT2D eigenvalue weighted by Crippen LogP contribution is -2.41. The third kappa shape index (κ3) is 4.27. The fraction of sp³-hybridized carbons (Fsp3) is 0.364. The molecular formula is C22H22F2N4O3S. The number of amides is 2. The largest absolute Gasteiger partial charge is 0.341 e. The number of rotatable bonds is 4. The third-order valence-electron chi connectivity index (χ3n) is 5.74. The van der Waals surface area contributed by atoms with Gasteiger partial charge in [0.2, 0.25) is 5.91 Å². The molecule has 1 aliphatic heterocycles. The predicted molar refractivity (Wildman–Crippen MR) is 118 cm³/mol. The van der Waals surface area contributed by atoms with E-state index in [-0.39, 0.29) is 28.4 Å². The zero-order valence-electron chi connectivity index (χ0n) is 17.7. The van der Waals surface area contributed by atoms with Crippen LogP contribution in [-0.4, -0.2) is 39.4 Å². The van der Waals surface area contributed by atoms with Gasteiger partial charge in [0, 0.05) is 19.2 Å². The lowest BCUT2D eigenvalue weighted by atomic mass is 9.99. The van der Waals surface area contributed by atoms with Crippen molar-refractivity contribution in [2.45, 2.75) is 33.2 Å². The quantitative estimate of drug-likeness (QED) is 0.645. The number of nitrogens with one attached hydrogen (secondary N) is 1. The molecule has 0 saturated carbocycles. The average Bonchev–Trinajstić information content (AvgIpc) is 3.10. The molecule has 1 saturated heterocycles. The molecule has 0 bridgehead atoms. The van der Waals surface area contributed by atoms with Gasteiger partial charge in [-0.2, -0.15) is 0 Å². The van der Waals surface area contributed by atoms with Crippen LogP contribution in [0.25, 0.3) is 10.2 Å². The number of hydrogen-bond donors (Lipinski definition) is 1. The number of halogens is 2. The monoisotopic (exact) mass is 460 g/mol. The lowest BCUT2D eigenvalue weighted by molar-refractivity contribution is -0.133. The second-order valence-corrected chi connectivity index (χ2v) is 9.05. The standard InChI is InChI=1S/C22H22F2N4O3S/c1-12-5-7-27(8-6-12)17(29)10-28-11-25-21-18(22(28)31)13(2)19(32-21)20(30)26-16-4-3-14(23)9-15(16)24/h3-4,9,11-12H,5-8,10H2,1-2H3,(H,26,30). The van der Waals surface area contributed by atoms with Crippen molar-refractivity contribution in [3.05, 3.63) is 57.0 Å². The summed E-state index contributed by atoms with van der Waals surface area (Å²) in [7, 11) is 0. The number of fused-ring (bicyclic) bond motifs is 1. The second-order valence-electron chi connectivity index (χ2n) is 8.06. The summed E-state index contributed by atoms with van der Waals surface area (Å²) in [4.78, 5) is 44.9. The van der Waals surface area contributed by atoms with Crippen LogP contribution in [0.4, 0.5) is 14.5 Å². The Morgan fingerprint density at radius 1 is 1.25 bits per heavy atom. The fourth-order valence-corrected chi connectivity index (χ4v) is 4.80. The number of carbonyl (C=O) groups is 2. The molecule has 1 fully saturated rings. The molecule has 3 aromatic rings. The fourth-order valence-electron chi connectivity index (χ4n) is 3.76. The number of piperidine rings is 1. The second kappa shape index (κ2) is 8.78. The summed E-state index contributed by atoms with van der Waals surface area (Å²) in [5.74, 6) is -1.83. The molecule has 2 aromatic heterocycles. The number of likely N-dealkylation sites (tertiary alicyclic amines) is 1. The molecule has 1 N–H and O–H groups in total. The van der Waals surface area contributed by atoms with Gasteiger partial charge in [0.1, 0.15) is 23.0 Å². The van der Waals surface area contributed by atoms with Crippen LogP contribution in [0.1, 0.15) is 35.0 Å². The molecule has 10 heteroatoms. The van der Waals surface area contributed by atoms with Gasteiger partial charge >= 0.3 is 0 Å². The van der Waals surface area contributed by atoms with Crippen molar-refractivity contribution in [1.82, 2.24) is 14.5 Å². The Balaban J connectivity index is 1.58. The molecule has 2 amide bonds. The van der Waals surface area contributed by atoms with Gasteiger partial charge in [0.25, 0.3) is 11.5 Å². The van der Waals surface area contributed by atoms with E-state index in [9.17, 15) is 23.2 Å². The van der Waals surface area contributed by atoms with Crippen LogP contribution >= 0.6 is 11.3 Å². The van der Waals surface area contributed by atoms with Gasteiger partial charge in [-0.3, -0.25) is 19.0 Å². The maximum Gasteiger partial charge on any atom is 0.266 e. The number of thiophene rings is 1. The Kier molecular flexibility index (Phi) is 6.05. The molecule has 32 heavy (non-hydrogen) atoms.